The molecular weight excluding hydrogens is 331 g/mol. The van der Waals surface area contributed by atoms with Gasteiger partial charge in [0, 0.05) is 18.4 Å². The normalized spacial score (nSPS) is 14.7. The van der Waals surface area contributed by atoms with Gasteiger partial charge in [0.05, 0.1) is 0 Å². The third-order valence-electron chi connectivity index (χ3n) is 4.42. The Balaban J connectivity index is 1.79. The van der Waals surface area contributed by atoms with E-state index in [1.54, 1.807) is 4.90 Å². The fourth-order valence-electron chi connectivity index (χ4n) is 3.06. The fourth-order valence-corrected chi connectivity index (χ4v) is 3.06. The van der Waals surface area contributed by atoms with Gasteiger partial charge in [0.25, 0.3) is 0 Å². The van der Waals surface area contributed by atoms with E-state index < -0.39 is 11.9 Å². The molecule has 1 aromatic heterocycles. The molecule has 134 valence electrons. The standard InChI is InChI=1S/C18H20F3N3O/c1-12(2)13-5-6-15-14(10-13)4-3-8-24(15)17(25)11-23-9-7-16(22-23)18(19,20)21/h5-7,9-10,12H,3-4,8,11H2,1-2H3. The molecule has 0 saturated heterocycles. The van der Waals surface area contributed by atoms with Crippen LogP contribution in [-0.2, 0) is 23.9 Å². The highest BCUT2D eigenvalue weighted by atomic mass is 19.4. The zero-order valence-corrected chi connectivity index (χ0v) is 14.2. The zero-order chi connectivity index (χ0) is 18.2. The average molecular weight is 351 g/mol. The number of aryl methyl sites for hydroxylation is 1. The highest BCUT2D eigenvalue weighted by molar-refractivity contribution is 5.94. The van der Waals surface area contributed by atoms with Crippen molar-refractivity contribution in [3.63, 3.8) is 0 Å². The third-order valence-corrected chi connectivity index (χ3v) is 4.42. The van der Waals surface area contributed by atoms with Crippen LogP contribution in [0.15, 0.2) is 30.5 Å². The molecule has 0 bridgehead atoms. The number of fused-ring (bicyclic) bond motifs is 1. The smallest absolute Gasteiger partial charge is 0.311 e. The van der Waals surface area contributed by atoms with E-state index in [1.807, 2.05) is 12.1 Å². The van der Waals surface area contributed by atoms with Crippen molar-refractivity contribution in [2.24, 2.45) is 0 Å². The van der Waals surface area contributed by atoms with Crippen molar-refractivity contribution in [2.45, 2.75) is 45.3 Å². The molecule has 1 amide bonds. The second-order valence-electron chi connectivity index (χ2n) is 6.59. The summed E-state index contributed by atoms with van der Waals surface area (Å²) in [5.41, 5.74) is 2.20. The van der Waals surface area contributed by atoms with Crippen molar-refractivity contribution < 1.29 is 18.0 Å². The lowest BCUT2D eigenvalue weighted by molar-refractivity contribution is -0.141. The number of halogens is 3. The zero-order valence-electron chi connectivity index (χ0n) is 14.2. The first-order chi connectivity index (χ1) is 11.8. The van der Waals surface area contributed by atoms with Gasteiger partial charge in [-0.25, -0.2) is 0 Å². The van der Waals surface area contributed by atoms with E-state index in [0.717, 1.165) is 34.8 Å². The van der Waals surface area contributed by atoms with Crippen molar-refractivity contribution >= 4 is 11.6 Å². The highest BCUT2D eigenvalue weighted by Gasteiger charge is 2.34. The molecule has 0 atom stereocenters. The minimum absolute atomic E-state index is 0.207. The molecule has 1 aliphatic heterocycles. The van der Waals surface area contributed by atoms with Gasteiger partial charge in [-0.15, -0.1) is 0 Å². The predicted octanol–water partition coefficient (Wildman–Crippen LogP) is 4.00. The maximum atomic E-state index is 12.6. The first-order valence-electron chi connectivity index (χ1n) is 8.29. The first kappa shape index (κ1) is 17.5. The number of aromatic nitrogens is 2. The molecule has 0 unspecified atom stereocenters. The van der Waals surface area contributed by atoms with Crippen LogP contribution in [0.3, 0.4) is 0 Å². The second kappa shape index (κ2) is 6.54. The summed E-state index contributed by atoms with van der Waals surface area (Å²) in [6.45, 7) is 4.59. The molecule has 2 aromatic rings. The summed E-state index contributed by atoms with van der Waals surface area (Å²) >= 11 is 0. The van der Waals surface area contributed by atoms with Gasteiger partial charge in [-0.2, -0.15) is 18.3 Å². The number of nitrogens with zero attached hydrogens (tertiary/aromatic N) is 3. The Bertz CT molecular complexity index is 780. The van der Waals surface area contributed by atoms with Crippen LogP contribution in [0.4, 0.5) is 18.9 Å². The van der Waals surface area contributed by atoms with E-state index in [-0.39, 0.29) is 12.5 Å². The monoisotopic (exact) mass is 351 g/mol. The van der Waals surface area contributed by atoms with Crippen LogP contribution in [0.25, 0.3) is 0 Å². The van der Waals surface area contributed by atoms with Crippen molar-refractivity contribution in [1.29, 1.82) is 0 Å². The molecule has 0 spiro atoms. The summed E-state index contributed by atoms with van der Waals surface area (Å²) in [5, 5.41) is 3.45. The summed E-state index contributed by atoms with van der Waals surface area (Å²) in [6.07, 6.45) is -1.57. The van der Waals surface area contributed by atoms with Gasteiger partial charge in [-0.05, 0) is 42.0 Å². The van der Waals surface area contributed by atoms with E-state index in [4.69, 9.17) is 0 Å². The van der Waals surface area contributed by atoms with E-state index in [1.165, 1.54) is 11.8 Å². The van der Waals surface area contributed by atoms with Gasteiger partial charge in [-0.3, -0.25) is 9.48 Å². The molecule has 0 aliphatic carbocycles. The largest absolute Gasteiger partial charge is 0.435 e. The van der Waals surface area contributed by atoms with Crippen molar-refractivity contribution in [3.05, 3.63) is 47.3 Å². The molecule has 3 rings (SSSR count). The highest BCUT2D eigenvalue weighted by Crippen LogP contribution is 2.31. The number of hydrogen-bond acceptors (Lipinski definition) is 2. The molecule has 7 heteroatoms. The van der Waals surface area contributed by atoms with E-state index in [2.05, 4.69) is 25.0 Å². The quantitative estimate of drug-likeness (QED) is 0.838. The number of carbonyl (C=O) groups is 1. The lowest BCUT2D eigenvalue weighted by Gasteiger charge is -2.30. The van der Waals surface area contributed by atoms with Gasteiger partial charge in [0.15, 0.2) is 5.69 Å². The Labute approximate surface area is 144 Å². The van der Waals surface area contributed by atoms with E-state index in [0.29, 0.717) is 12.5 Å². The summed E-state index contributed by atoms with van der Waals surface area (Å²) in [7, 11) is 0. The van der Waals surface area contributed by atoms with Crippen LogP contribution in [0, 0.1) is 0 Å². The topological polar surface area (TPSA) is 38.1 Å². The van der Waals surface area contributed by atoms with Crippen LogP contribution >= 0.6 is 0 Å². The fraction of sp³-hybridized carbons (Fsp3) is 0.444. The number of amides is 1. The van der Waals surface area contributed by atoms with Crippen molar-refractivity contribution in [3.8, 4) is 0 Å². The third kappa shape index (κ3) is 3.70. The molecule has 1 aromatic carbocycles. The minimum atomic E-state index is -4.50. The molecular formula is C18H20F3N3O. The van der Waals surface area contributed by atoms with Crippen molar-refractivity contribution in [1.82, 2.24) is 9.78 Å². The number of anilines is 1. The van der Waals surface area contributed by atoms with Gasteiger partial charge in [0.1, 0.15) is 6.54 Å². The summed E-state index contributed by atoms with van der Waals surface area (Å²) in [4.78, 5) is 14.2. The van der Waals surface area contributed by atoms with Crippen LogP contribution in [0.5, 0.6) is 0 Å². The second-order valence-corrected chi connectivity index (χ2v) is 6.59. The molecule has 0 fully saturated rings. The number of carbonyl (C=O) groups excluding carboxylic acids is 1. The van der Waals surface area contributed by atoms with Crippen molar-refractivity contribution in [2.75, 3.05) is 11.4 Å². The minimum Gasteiger partial charge on any atom is -0.311 e. The van der Waals surface area contributed by atoms with Crippen LogP contribution < -0.4 is 4.90 Å². The number of benzene rings is 1. The van der Waals surface area contributed by atoms with E-state index >= 15 is 0 Å². The van der Waals surface area contributed by atoms with Crippen LogP contribution in [0.2, 0.25) is 0 Å². The molecule has 25 heavy (non-hydrogen) atoms. The molecule has 2 heterocycles. The number of alkyl halides is 3. The average Bonchev–Trinajstić information content (AvgIpc) is 3.02. The molecule has 0 N–H and O–H groups in total. The lowest BCUT2D eigenvalue weighted by atomic mass is 9.95. The summed E-state index contributed by atoms with van der Waals surface area (Å²) < 4.78 is 38.9. The Morgan fingerprint density at radius 1 is 1.28 bits per heavy atom. The maximum absolute atomic E-state index is 12.6. The Hall–Kier alpha value is -2.31. The van der Waals surface area contributed by atoms with Crippen LogP contribution in [-0.4, -0.2) is 22.2 Å². The molecule has 1 aliphatic rings. The SMILES string of the molecule is CC(C)c1ccc2c(c1)CCCN2C(=O)Cn1ccc(C(F)(F)F)n1. The molecule has 0 saturated carbocycles. The van der Waals surface area contributed by atoms with Gasteiger partial charge in [-0.1, -0.05) is 26.0 Å². The molecule has 4 nitrogen and oxygen atoms in total. The Kier molecular flexibility index (Phi) is 4.58. The maximum Gasteiger partial charge on any atom is 0.435 e. The van der Waals surface area contributed by atoms with Gasteiger partial charge in [0.2, 0.25) is 5.91 Å². The Morgan fingerprint density at radius 3 is 2.68 bits per heavy atom. The number of hydrogen-bond donors (Lipinski definition) is 0. The predicted molar refractivity (Wildman–Crippen MR) is 88.4 cm³/mol. The summed E-state index contributed by atoms with van der Waals surface area (Å²) in [5.74, 6) is 0.149. The number of rotatable bonds is 3. The Morgan fingerprint density at radius 2 is 2.04 bits per heavy atom. The summed E-state index contributed by atoms with van der Waals surface area (Å²) in [6, 6.07) is 6.94. The lowest BCUT2D eigenvalue weighted by Crippen LogP contribution is -2.38. The van der Waals surface area contributed by atoms with Gasteiger partial charge >= 0.3 is 6.18 Å². The van der Waals surface area contributed by atoms with E-state index in [9.17, 15) is 18.0 Å². The van der Waals surface area contributed by atoms with Crippen LogP contribution in [0.1, 0.15) is 43.0 Å². The first-order valence-corrected chi connectivity index (χ1v) is 8.29. The van der Waals surface area contributed by atoms with Gasteiger partial charge < -0.3 is 4.90 Å². The molecule has 0 radical (unpaired) electrons.